The van der Waals surface area contributed by atoms with Crippen molar-refractivity contribution in [2.45, 2.75) is 4.90 Å². The van der Waals surface area contributed by atoms with Crippen LogP contribution in [0.1, 0.15) is 10.4 Å². The molecule has 0 spiro atoms. The summed E-state index contributed by atoms with van der Waals surface area (Å²) in [6.07, 6.45) is 1.97. The van der Waals surface area contributed by atoms with E-state index in [9.17, 15) is 4.79 Å². The van der Waals surface area contributed by atoms with E-state index in [2.05, 4.69) is 10.3 Å². The number of thioether (sulfide) groups is 1. The van der Waals surface area contributed by atoms with Crippen LogP contribution in [-0.2, 0) is 0 Å². The Morgan fingerprint density at radius 3 is 2.84 bits per heavy atom. The number of nitrogens with zero attached hydrogens (tertiary/aromatic N) is 1. The minimum absolute atomic E-state index is 0.0824. The van der Waals surface area contributed by atoms with E-state index < -0.39 is 5.97 Å². The topological polar surface area (TPSA) is 62.2 Å². The van der Waals surface area contributed by atoms with Crippen molar-refractivity contribution in [2.75, 3.05) is 11.6 Å². The molecule has 2 rings (SSSR count). The van der Waals surface area contributed by atoms with Crippen molar-refractivity contribution in [1.82, 2.24) is 4.98 Å². The molecule has 0 radical (unpaired) electrons. The third kappa shape index (κ3) is 3.39. The highest BCUT2D eigenvalue weighted by Crippen LogP contribution is 2.24. The van der Waals surface area contributed by atoms with Crippen LogP contribution in [0.15, 0.2) is 41.3 Å². The van der Waals surface area contributed by atoms with Crippen molar-refractivity contribution < 1.29 is 9.90 Å². The van der Waals surface area contributed by atoms with Gasteiger partial charge in [0.25, 0.3) is 0 Å². The fourth-order valence-corrected chi connectivity index (χ4v) is 2.15. The number of aromatic nitrogens is 1. The maximum absolute atomic E-state index is 11.1. The van der Waals surface area contributed by atoms with Gasteiger partial charge in [-0.3, -0.25) is 0 Å². The number of hydrogen-bond acceptors (Lipinski definition) is 4. The van der Waals surface area contributed by atoms with Crippen LogP contribution in [0.25, 0.3) is 0 Å². The molecule has 0 unspecified atom stereocenters. The lowest BCUT2D eigenvalue weighted by atomic mass is 10.2. The fraction of sp³-hybridized carbons (Fsp3) is 0.0769. The normalized spacial score (nSPS) is 10.2. The molecule has 0 saturated carbocycles. The quantitative estimate of drug-likeness (QED) is 0.661. The third-order valence-corrected chi connectivity index (χ3v) is 3.36. The minimum atomic E-state index is -1.05. The molecule has 19 heavy (non-hydrogen) atoms. The van der Waals surface area contributed by atoms with Crippen molar-refractivity contribution in [2.24, 2.45) is 0 Å². The lowest BCUT2D eigenvalue weighted by Crippen LogP contribution is -2.04. The summed E-state index contributed by atoms with van der Waals surface area (Å²) in [5.41, 5.74) is 0.850. The molecule has 1 aromatic heterocycles. The number of carboxylic acids is 1. The van der Waals surface area contributed by atoms with Gasteiger partial charge < -0.3 is 10.4 Å². The van der Waals surface area contributed by atoms with Gasteiger partial charge in [-0.25, -0.2) is 9.78 Å². The summed E-state index contributed by atoms with van der Waals surface area (Å²) in [5.74, 6) is -0.814. The Morgan fingerprint density at radius 1 is 1.37 bits per heavy atom. The van der Waals surface area contributed by atoms with Gasteiger partial charge in [0.2, 0.25) is 0 Å². The molecule has 0 fully saturated rings. The maximum atomic E-state index is 11.1. The summed E-state index contributed by atoms with van der Waals surface area (Å²) in [6.45, 7) is 0. The van der Waals surface area contributed by atoms with Gasteiger partial charge in [-0.05, 0) is 36.6 Å². The molecule has 1 aromatic carbocycles. The van der Waals surface area contributed by atoms with Gasteiger partial charge in [-0.1, -0.05) is 17.7 Å². The minimum Gasteiger partial charge on any atom is -0.478 e. The zero-order valence-electron chi connectivity index (χ0n) is 10.1. The molecule has 0 amide bonds. The first-order valence-electron chi connectivity index (χ1n) is 5.41. The number of carbonyl (C=O) groups is 1. The van der Waals surface area contributed by atoms with E-state index in [1.165, 1.54) is 12.1 Å². The summed E-state index contributed by atoms with van der Waals surface area (Å²) in [7, 11) is 0. The monoisotopic (exact) mass is 294 g/mol. The molecule has 98 valence electrons. The number of aromatic carboxylic acids is 1. The zero-order chi connectivity index (χ0) is 13.8. The molecule has 2 aromatic rings. The van der Waals surface area contributed by atoms with E-state index in [-0.39, 0.29) is 16.5 Å². The lowest BCUT2D eigenvalue weighted by Gasteiger charge is -2.09. The Morgan fingerprint density at radius 2 is 2.16 bits per heavy atom. The van der Waals surface area contributed by atoms with Gasteiger partial charge in [0.05, 0.1) is 0 Å². The molecule has 6 heteroatoms. The summed E-state index contributed by atoms with van der Waals surface area (Å²) < 4.78 is 0. The Balaban J connectivity index is 2.36. The average Bonchev–Trinajstić information content (AvgIpc) is 2.38. The van der Waals surface area contributed by atoms with Gasteiger partial charge in [0.15, 0.2) is 0 Å². The summed E-state index contributed by atoms with van der Waals surface area (Å²) in [6, 6.07) is 10.5. The highest BCUT2D eigenvalue weighted by atomic mass is 35.5. The van der Waals surface area contributed by atoms with Crippen LogP contribution in [0.3, 0.4) is 0 Å². The van der Waals surface area contributed by atoms with E-state index in [0.717, 1.165) is 10.6 Å². The molecule has 0 aliphatic heterocycles. The molecule has 0 atom stereocenters. The highest BCUT2D eigenvalue weighted by molar-refractivity contribution is 7.98. The second-order valence-electron chi connectivity index (χ2n) is 3.69. The van der Waals surface area contributed by atoms with Crippen LogP contribution < -0.4 is 5.32 Å². The molecule has 0 saturated heterocycles. The van der Waals surface area contributed by atoms with Crippen molar-refractivity contribution in [1.29, 1.82) is 0 Å². The van der Waals surface area contributed by atoms with Crippen LogP contribution in [0.4, 0.5) is 11.5 Å². The van der Waals surface area contributed by atoms with Crippen LogP contribution in [0, 0.1) is 0 Å². The molecule has 1 heterocycles. The average molecular weight is 295 g/mol. The van der Waals surface area contributed by atoms with Crippen molar-refractivity contribution in [3.8, 4) is 0 Å². The number of halogens is 1. The third-order valence-electron chi connectivity index (χ3n) is 2.42. The molecule has 2 N–H and O–H groups in total. The fourth-order valence-electron chi connectivity index (χ4n) is 1.54. The molecule has 0 aliphatic rings. The van der Waals surface area contributed by atoms with Gasteiger partial charge in [0.1, 0.15) is 16.5 Å². The first-order chi connectivity index (χ1) is 9.10. The van der Waals surface area contributed by atoms with Gasteiger partial charge in [-0.15, -0.1) is 11.8 Å². The molecular weight excluding hydrogens is 284 g/mol. The highest BCUT2D eigenvalue weighted by Gasteiger charge is 2.12. The standard InChI is InChI=1S/C13H11ClN2O2S/c1-19-9-4-2-3-8(7-9)15-12-10(13(17)18)5-6-11(14)16-12/h2-7H,1H3,(H,15,16)(H,17,18). The van der Waals surface area contributed by atoms with Gasteiger partial charge in [0, 0.05) is 10.6 Å². The molecular formula is C13H11ClN2O2S. The first kappa shape index (κ1) is 13.7. The largest absolute Gasteiger partial charge is 0.478 e. The summed E-state index contributed by atoms with van der Waals surface area (Å²) in [4.78, 5) is 16.2. The predicted molar refractivity (Wildman–Crippen MR) is 77.7 cm³/mol. The molecule has 0 aliphatic carbocycles. The number of anilines is 2. The number of nitrogens with one attached hydrogen (secondary N) is 1. The van der Waals surface area contributed by atoms with Crippen molar-refractivity contribution in [3.05, 3.63) is 47.1 Å². The Hall–Kier alpha value is -1.72. The van der Waals surface area contributed by atoms with E-state index in [0.29, 0.717) is 0 Å². The first-order valence-corrected chi connectivity index (χ1v) is 7.01. The SMILES string of the molecule is CSc1cccc(Nc2nc(Cl)ccc2C(=O)O)c1. The smallest absolute Gasteiger partial charge is 0.339 e. The number of hydrogen-bond donors (Lipinski definition) is 2. The Kier molecular flexibility index (Phi) is 4.29. The van der Waals surface area contributed by atoms with Crippen molar-refractivity contribution >= 4 is 40.8 Å². The van der Waals surface area contributed by atoms with Crippen LogP contribution in [0.2, 0.25) is 5.15 Å². The second kappa shape index (κ2) is 5.95. The number of rotatable bonds is 4. The van der Waals surface area contributed by atoms with E-state index in [4.69, 9.17) is 16.7 Å². The predicted octanol–water partition coefficient (Wildman–Crippen LogP) is 3.90. The second-order valence-corrected chi connectivity index (χ2v) is 4.96. The van der Waals surface area contributed by atoms with Crippen LogP contribution in [-0.4, -0.2) is 22.3 Å². The number of carboxylic acid groups (broad SMARTS) is 1. The van der Waals surface area contributed by atoms with Crippen molar-refractivity contribution in [3.63, 3.8) is 0 Å². The lowest BCUT2D eigenvalue weighted by molar-refractivity contribution is 0.0697. The number of pyridine rings is 1. The zero-order valence-corrected chi connectivity index (χ0v) is 11.6. The van der Waals surface area contributed by atoms with E-state index in [1.807, 2.05) is 30.5 Å². The summed E-state index contributed by atoms with van der Waals surface area (Å²) in [5, 5.41) is 12.3. The van der Waals surface area contributed by atoms with Gasteiger partial charge in [-0.2, -0.15) is 0 Å². The van der Waals surface area contributed by atoms with E-state index >= 15 is 0 Å². The summed E-state index contributed by atoms with van der Waals surface area (Å²) >= 11 is 7.40. The number of benzene rings is 1. The van der Waals surface area contributed by atoms with Crippen LogP contribution >= 0.6 is 23.4 Å². The molecule has 4 nitrogen and oxygen atoms in total. The van der Waals surface area contributed by atoms with E-state index in [1.54, 1.807) is 11.8 Å². The maximum Gasteiger partial charge on any atom is 0.339 e. The molecule has 0 bridgehead atoms. The Labute approximate surface area is 119 Å². The Bertz CT molecular complexity index is 619. The van der Waals surface area contributed by atoms with Crippen LogP contribution in [0.5, 0.6) is 0 Å². The van der Waals surface area contributed by atoms with Gasteiger partial charge >= 0.3 is 5.97 Å².